The van der Waals surface area contributed by atoms with Crippen LogP contribution in [0.2, 0.25) is 0 Å². The van der Waals surface area contributed by atoms with Crippen LogP contribution in [0.1, 0.15) is 43.2 Å². The first-order chi connectivity index (χ1) is 13.3. The van der Waals surface area contributed by atoms with Gasteiger partial charge in [-0.2, -0.15) is 0 Å². The van der Waals surface area contributed by atoms with Gasteiger partial charge in [0.25, 0.3) is 5.91 Å². The Bertz CT molecular complexity index is 815. The largest absolute Gasteiger partial charge is 0.493 e. The van der Waals surface area contributed by atoms with Gasteiger partial charge in [-0.1, -0.05) is 19.0 Å². The van der Waals surface area contributed by atoms with Gasteiger partial charge in [0, 0.05) is 6.07 Å². The van der Waals surface area contributed by atoms with Crippen molar-refractivity contribution in [3.8, 4) is 11.5 Å². The Morgan fingerprint density at radius 3 is 2.54 bits per heavy atom. The number of methoxy groups -OCH3 is 1. The molecule has 152 valence electrons. The number of esters is 1. The number of hydrogen-bond acceptors (Lipinski definition) is 7. The maximum absolute atomic E-state index is 12.4. The summed E-state index contributed by atoms with van der Waals surface area (Å²) in [6.07, 6.45) is -0.115. The fourth-order valence-electron chi connectivity index (χ4n) is 2.25. The second kappa shape index (κ2) is 9.77. The van der Waals surface area contributed by atoms with Gasteiger partial charge in [-0.25, -0.2) is 4.79 Å². The highest BCUT2D eigenvalue weighted by atomic mass is 16.5. The number of rotatable bonds is 9. The zero-order chi connectivity index (χ0) is 20.7. The van der Waals surface area contributed by atoms with E-state index < -0.39 is 18.0 Å². The predicted molar refractivity (Wildman–Crippen MR) is 103 cm³/mol. The summed E-state index contributed by atoms with van der Waals surface area (Å²) < 4.78 is 21.1. The van der Waals surface area contributed by atoms with Crippen molar-refractivity contribution in [1.82, 2.24) is 5.16 Å². The molecule has 8 heteroatoms. The van der Waals surface area contributed by atoms with Crippen LogP contribution in [0.4, 0.5) is 5.88 Å². The SMILES string of the molecule is COc1cc(C(=O)OC(C)C(=O)Nc2cc(C)no2)ccc1OCCC(C)C. The van der Waals surface area contributed by atoms with Gasteiger partial charge < -0.3 is 18.7 Å². The van der Waals surface area contributed by atoms with Crippen LogP contribution < -0.4 is 14.8 Å². The minimum absolute atomic E-state index is 0.190. The smallest absolute Gasteiger partial charge is 0.339 e. The van der Waals surface area contributed by atoms with Crippen LogP contribution in [-0.2, 0) is 9.53 Å². The number of amides is 1. The van der Waals surface area contributed by atoms with Crippen molar-refractivity contribution in [2.24, 2.45) is 5.92 Å². The van der Waals surface area contributed by atoms with E-state index in [1.54, 1.807) is 25.1 Å². The third kappa shape index (κ3) is 6.00. The molecule has 0 radical (unpaired) electrons. The monoisotopic (exact) mass is 390 g/mol. The van der Waals surface area contributed by atoms with E-state index in [-0.39, 0.29) is 11.4 Å². The Hall–Kier alpha value is -3.03. The molecule has 1 amide bonds. The van der Waals surface area contributed by atoms with Crippen molar-refractivity contribution in [3.05, 3.63) is 35.5 Å². The molecule has 0 bridgehead atoms. The summed E-state index contributed by atoms with van der Waals surface area (Å²) in [5.74, 6) is 0.510. The van der Waals surface area contributed by atoms with Gasteiger partial charge in [-0.05, 0) is 44.4 Å². The molecule has 1 heterocycles. The quantitative estimate of drug-likeness (QED) is 0.653. The van der Waals surface area contributed by atoms with Crippen LogP contribution in [0.3, 0.4) is 0 Å². The Balaban J connectivity index is 1.97. The Kier molecular flexibility index (Phi) is 7.43. The first-order valence-electron chi connectivity index (χ1n) is 9.06. The van der Waals surface area contributed by atoms with E-state index >= 15 is 0 Å². The summed E-state index contributed by atoms with van der Waals surface area (Å²) in [6.45, 7) is 7.97. The summed E-state index contributed by atoms with van der Waals surface area (Å²) in [5.41, 5.74) is 0.881. The highest BCUT2D eigenvalue weighted by molar-refractivity contribution is 5.96. The molecule has 0 saturated carbocycles. The van der Waals surface area contributed by atoms with E-state index in [0.29, 0.717) is 29.7 Å². The van der Waals surface area contributed by atoms with Crippen LogP contribution >= 0.6 is 0 Å². The minimum Gasteiger partial charge on any atom is -0.493 e. The fourth-order valence-corrected chi connectivity index (χ4v) is 2.25. The van der Waals surface area contributed by atoms with Crippen molar-refractivity contribution in [3.63, 3.8) is 0 Å². The van der Waals surface area contributed by atoms with Crippen LogP contribution in [0.15, 0.2) is 28.8 Å². The lowest BCUT2D eigenvalue weighted by Gasteiger charge is -2.14. The molecule has 2 rings (SSSR count). The van der Waals surface area contributed by atoms with E-state index in [1.165, 1.54) is 20.1 Å². The van der Waals surface area contributed by atoms with E-state index in [9.17, 15) is 9.59 Å². The molecule has 1 unspecified atom stereocenters. The van der Waals surface area contributed by atoms with Gasteiger partial charge in [0.15, 0.2) is 17.6 Å². The number of hydrogen-bond donors (Lipinski definition) is 1. The zero-order valence-electron chi connectivity index (χ0n) is 16.8. The summed E-state index contributed by atoms with van der Waals surface area (Å²) in [7, 11) is 1.50. The number of aryl methyl sites for hydroxylation is 1. The lowest BCUT2D eigenvalue weighted by molar-refractivity contribution is -0.123. The maximum Gasteiger partial charge on any atom is 0.339 e. The molecule has 1 aromatic carbocycles. The van der Waals surface area contributed by atoms with E-state index in [1.807, 2.05) is 0 Å². The standard InChI is InChI=1S/C20H26N2O6/c1-12(2)8-9-26-16-7-6-15(11-17(16)25-5)20(24)27-14(4)19(23)21-18-10-13(3)22-28-18/h6-7,10-12,14H,8-9H2,1-5H3,(H,21,23). The van der Waals surface area contributed by atoms with E-state index in [0.717, 1.165) is 6.42 Å². The number of benzene rings is 1. The number of carbonyl (C=O) groups is 2. The summed E-state index contributed by atoms with van der Waals surface area (Å²) in [4.78, 5) is 24.5. The molecule has 1 aromatic heterocycles. The van der Waals surface area contributed by atoms with Crippen LogP contribution in [-0.4, -0.2) is 36.9 Å². The number of ether oxygens (including phenoxy) is 3. The summed E-state index contributed by atoms with van der Waals surface area (Å²) >= 11 is 0. The van der Waals surface area contributed by atoms with Gasteiger partial charge in [-0.3, -0.25) is 10.1 Å². The molecule has 0 aliphatic rings. The lowest BCUT2D eigenvalue weighted by atomic mass is 10.1. The van der Waals surface area contributed by atoms with Gasteiger partial charge in [0.2, 0.25) is 5.88 Å². The third-order valence-corrected chi connectivity index (χ3v) is 3.88. The van der Waals surface area contributed by atoms with Gasteiger partial charge in [-0.15, -0.1) is 0 Å². The van der Waals surface area contributed by atoms with Gasteiger partial charge >= 0.3 is 5.97 Å². The Labute approximate surface area is 164 Å². The number of nitrogens with zero attached hydrogens (tertiary/aromatic N) is 1. The van der Waals surface area contributed by atoms with Crippen molar-refractivity contribution in [2.75, 3.05) is 19.0 Å². The second-order valence-corrected chi connectivity index (χ2v) is 6.77. The minimum atomic E-state index is -1.02. The van der Waals surface area contributed by atoms with Crippen molar-refractivity contribution in [1.29, 1.82) is 0 Å². The topological polar surface area (TPSA) is 99.9 Å². The van der Waals surface area contributed by atoms with Crippen molar-refractivity contribution >= 4 is 17.8 Å². The molecular formula is C20H26N2O6. The molecule has 0 aliphatic heterocycles. The second-order valence-electron chi connectivity index (χ2n) is 6.77. The Morgan fingerprint density at radius 2 is 1.93 bits per heavy atom. The molecule has 1 N–H and O–H groups in total. The highest BCUT2D eigenvalue weighted by Crippen LogP contribution is 2.29. The normalized spacial score (nSPS) is 11.8. The number of anilines is 1. The molecule has 0 spiro atoms. The number of nitrogens with one attached hydrogen (secondary N) is 1. The summed E-state index contributed by atoms with van der Waals surface area (Å²) in [5, 5.41) is 6.17. The highest BCUT2D eigenvalue weighted by Gasteiger charge is 2.21. The molecule has 0 aliphatic carbocycles. The first kappa shape index (κ1) is 21.3. The molecule has 2 aromatic rings. The average Bonchev–Trinajstić information content (AvgIpc) is 3.06. The lowest BCUT2D eigenvalue weighted by Crippen LogP contribution is -2.29. The maximum atomic E-state index is 12.4. The molecule has 8 nitrogen and oxygen atoms in total. The third-order valence-electron chi connectivity index (χ3n) is 3.88. The Morgan fingerprint density at radius 1 is 1.18 bits per heavy atom. The van der Waals surface area contributed by atoms with E-state index in [4.69, 9.17) is 18.7 Å². The molecule has 1 atom stereocenters. The molecule has 0 fully saturated rings. The van der Waals surface area contributed by atoms with Crippen molar-refractivity contribution in [2.45, 2.75) is 40.2 Å². The number of aromatic nitrogens is 1. The molecule has 28 heavy (non-hydrogen) atoms. The van der Waals surface area contributed by atoms with Crippen LogP contribution in [0.5, 0.6) is 11.5 Å². The first-order valence-corrected chi connectivity index (χ1v) is 9.06. The van der Waals surface area contributed by atoms with Gasteiger partial charge in [0.1, 0.15) is 0 Å². The van der Waals surface area contributed by atoms with E-state index in [2.05, 4.69) is 24.3 Å². The zero-order valence-corrected chi connectivity index (χ0v) is 16.8. The summed E-state index contributed by atoms with van der Waals surface area (Å²) in [6, 6.07) is 6.31. The van der Waals surface area contributed by atoms with Crippen LogP contribution in [0.25, 0.3) is 0 Å². The average molecular weight is 390 g/mol. The van der Waals surface area contributed by atoms with Crippen molar-refractivity contribution < 1.29 is 28.3 Å². The molecule has 0 saturated heterocycles. The predicted octanol–water partition coefficient (Wildman–Crippen LogP) is 3.60. The number of carbonyl (C=O) groups excluding carboxylic acids is 2. The van der Waals surface area contributed by atoms with Crippen LogP contribution in [0, 0.1) is 12.8 Å². The van der Waals surface area contributed by atoms with Gasteiger partial charge in [0.05, 0.1) is 25.0 Å². The molecular weight excluding hydrogens is 364 g/mol. The fraction of sp³-hybridized carbons (Fsp3) is 0.450.